The number of thiophene rings is 1. The molecule has 1 N–H and O–H groups in total. The van der Waals surface area contributed by atoms with E-state index in [4.69, 9.17) is 16.3 Å². The molecule has 0 bridgehead atoms. The molecular weight excluding hydrogens is 270 g/mol. The number of rotatable bonds is 5. The molecule has 0 spiro atoms. The maximum absolute atomic E-state index is 5.95. The van der Waals surface area contributed by atoms with Crippen LogP contribution in [-0.4, -0.2) is 29.7 Å². The molecule has 0 radical (unpaired) electrons. The molecule has 0 fully saturated rings. The average Bonchev–Trinajstić information content (AvgIpc) is 2.68. The lowest BCUT2D eigenvalue weighted by Crippen LogP contribution is -2.24. The van der Waals surface area contributed by atoms with Crippen molar-refractivity contribution in [2.45, 2.75) is 26.3 Å². The number of aromatic nitrogens is 2. The van der Waals surface area contributed by atoms with E-state index in [0.717, 1.165) is 22.5 Å². The van der Waals surface area contributed by atoms with Gasteiger partial charge in [-0.1, -0.05) is 6.92 Å². The van der Waals surface area contributed by atoms with Crippen molar-refractivity contribution < 1.29 is 4.74 Å². The standard InChI is InChI=1S/C12H16ClN3OS/c1-4-8(6-17-3)14-10-9-5-7(2)18-11(9)16-12(13)15-10/h5,8H,4,6H2,1-3H3,(H,14,15,16). The van der Waals surface area contributed by atoms with Crippen molar-refractivity contribution in [2.24, 2.45) is 0 Å². The highest BCUT2D eigenvalue weighted by Crippen LogP contribution is 2.29. The Morgan fingerprint density at radius 1 is 1.50 bits per heavy atom. The summed E-state index contributed by atoms with van der Waals surface area (Å²) >= 11 is 7.57. The van der Waals surface area contributed by atoms with Gasteiger partial charge in [-0.2, -0.15) is 0 Å². The third-order valence-corrected chi connectivity index (χ3v) is 3.80. The summed E-state index contributed by atoms with van der Waals surface area (Å²) in [7, 11) is 1.70. The van der Waals surface area contributed by atoms with Gasteiger partial charge in [0.25, 0.3) is 0 Å². The average molecular weight is 286 g/mol. The molecule has 1 atom stereocenters. The van der Waals surface area contributed by atoms with Crippen LogP contribution in [0.15, 0.2) is 6.07 Å². The van der Waals surface area contributed by atoms with Gasteiger partial charge < -0.3 is 10.1 Å². The summed E-state index contributed by atoms with van der Waals surface area (Å²) in [4.78, 5) is 10.6. The Labute approximate surface area is 115 Å². The van der Waals surface area contributed by atoms with E-state index < -0.39 is 0 Å². The fourth-order valence-corrected chi connectivity index (χ4v) is 2.88. The summed E-state index contributed by atoms with van der Waals surface area (Å²) in [6, 6.07) is 2.31. The van der Waals surface area contributed by atoms with Crippen molar-refractivity contribution in [1.29, 1.82) is 0 Å². The van der Waals surface area contributed by atoms with Crippen LogP contribution < -0.4 is 5.32 Å². The Balaban J connectivity index is 2.36. The van der Waals surface area contributed by atoms with Crippen LogP contribution in [0.5, 0.6) is 0 Å². The summed E-state index contributed by atoms with van der Waals surface area (Å²) in [5, 5.41) is 4.67. The van der Waals surface area contributed by atoms with E-state index in [-0.39, 0.29) is 11.3 Å². The first-order chi connectivity index (χ1) is 8.63. The Morgan fingerprint density at radius 2 is 2.28 bits per heavy atom. The Kier molecular flexibility index (Phi) is 4.37. The highest BCUT2D eigenvalue weighted by Gasteiger charge is 2.13. The fourth-order valence-electron chi connectivity index (χ4n) is 1.78. The molecule has 0 saturated carbocycles. The van der Waals surface area contributed by atoms with Crippen LogP contribution in [0, 0.1) is 6.92 Å². The second-order valence-electron chi connectivity index (χ2n) is 4.12. The smallest absolute Gasteiger partial charge is 0.225 e. The topological polar surface area (TPSA) is 47.0 Å². The number of nitrogens with zero attached hydrogens (tertiary/aromatic N) is 2. The molecule has 1 unspecified atom stereocenters. The second-order valence-corrected chi connectivity index (χ2v) is 5.69. The summed E-state index contributed by atoms with van der Waals surface area (Å²) in [5.74, 6) is 0.790. The van der Waals surface area contributed by atoms with Crippen LogP contribution in [0.3, 0.4) is 0 Å². The predicted molar refractivity (Wildman–Crippen MR) is 76.7 cm³/mol. The monoisotopic (exact) mass is 285 g/mol. The van der Waals surface area contributed by atoms with Gasteiger partial charge in [-0.25, -0.2) is 9.97 Å². The van der Waals surface area contributed by atoms with Crippen LogP contribution in [0.4, 0.5) is 5.82 Å². The Bertz CT molecular complexity index is 543. The van der Waals surface area contributed by atoms with Gasteiger partial charge in [-0.15, -0.1) is 11.3 Å². The molecule has 98 valence electrons. The van der Waals surface area contributed by atoms with E-state index in [1.807, 2.05) is 0 Å². The van der Waals surface area contributed by atoms with Gasteiger partial charge in [-0.05, 0) is 31.0 Å². The Hall–Kier alpha value is -0.910. The van der Waals surface area contributed by atoms with Gasteiger partial charge in [0.05, 0.1) is 18.0 Å². The molecule has 0 amide bonds. The first-order valence-corrected chi connectivity index (χ1v) is 7.02. The van der Waals surface area contributed by atoms with E-state index in [1.54, 1.807) is 18.4 Å². The molecule has 6 heteroatoms. The van der Waals surface area contributed by atoms with E-state index in [2.05, 4.69) is 35.2 Å². The van der Waals surface area contributed by atoms with Crippen LogP contribution >= 0.6 is 22.9 Å². The second kappa shape index (κ2) is 5.82. The lowest BCUT2D eigenvalue weighted by molar-refractivity contribution is 0.184. The number of hydrogen-bond donors (Lipinski definition) is 1. The molecule has 2 rings (SSSR count). The third-order valence-electron chi connectivity index (χ3n) is 2.69. The highest BCUT2D eigenvalue weighted by atomic mass is 35.5. The molecule has 2 heterocycles. The molecule has 0 saturated heterocycles. The van der Waals surface area contributed by atoms with Crippen molar-refractivity contribution >= 4 is 39.0 Å². The molecule has 2 aromatic heterocycles. The Morgan fingerprint density at radius 3 is 2.94 bits per heavy atom. The first kappa shape index (κ1) is 13.5. The molecule has 0 aliphatic rings. The number of fused-ring (bicyclic) bond motifs is 1. The highest BCUT2D eigenvalue weighted by molar-refractivity contribution is 7.18. The van der Waals surface area contributed by atoms with Gasteiger partial charge in [0.15, 0.2) is 0 Å². The van der Waals surface area contributed by atoms with E-state index in [0.29, 0.717) is 6.61 Å². The molecule has 4 nitrogen and oxygen atoms in total. The van der Waals surface area contributed by atoms with Crippen LogP contribution in [0.2, 0.25) is 5.28 Å². The van der Waals surface area contributed by atoms with Gasteiger partial charge in [0.2, 0.25) is 5.28 Å². The number of ether oxygens (including phenoxy) is 1. The van der Waals surface area contributed by atoms with Gasteiger partial charge in [-0.3, -0.25) is 0 Å². The zero-order valence-corrected chi connectivity index (χ0v) is 12.2. The summed E-state index contributed by atoms with van der Waals surface area (Å²) in [6.45, 7) is 4.80. The lowest BCUT2D eigenvalue weighted by Gasteiger charge is -2.17. The maximum Gasteiger partial charge on any atom is 0.225 e. The summed E-state index contributed by atoms with van der Waals surface area (Å²) in [6.07, 6.45) is 0.958. The number of anilines is 1. The number of nitrogens with one attached hydrogen (secondary N) is 1. The first-order valence-electron chi connectivity index (χ1n) is 5.83. The van der Waals surface area contributed by atoms with Crippen molar-refractivity contribution in [3.05, 3.63) is 16.2 Å². The SMILES string of the molecule is CCC(COC)Nc1nc(Cl)nc2sc(C)cc12. The summed E-state index contributed by atoms with van der Waals surface area (Å²) < 4.78 is 5.18. The van der Waals surface area contributed by atoms with E-state index in [9.17, 15) is 0 Å². The number of methoxy groups -OCH3 is 1. The quantitative estimate of drug-likeness (QED) is 0.854. The number of hydrogen-bond acceptors (Lipinski definition) is 5. The van der Waals surface area contributed by atoms with Crippen molar-refractivity contribution in [3.63, 3.8) is 0 Å². The van der Waals surface area contributed by atoms with Crippen molar-refractivity contribution in [1.82, 2.24) is 9.97 Å². The zero-order chi connectivity index (χ0) is 13.1. The maximum atomic E-state index is 5.95. The largest absolute Gasteiger partial charge is 0.383 e. The van der Waals surface area contributed by atoms with E-state index in [1.165, 1.54) is 4.88 Å². The van der Waals surface area contributed by atoms with Crippen molar-refractivity contribution in [3.8, 4) is 0 Å². The molecule has 2 aromatic rings. The van der Waals surface area contributed by atoms with Gasteiger partial charge >= 0.3 is 0 Å². The summed E-state index contributed by atoms with van der Waals surface area (Å²) in [5.41, 5.74) is 0. The minimum Gasteiger partial charge on any atom is -0.383 e. The minimum absolute atomic E-state index is 0.226. The molecular formula is C12H16ClN3OS. The number of aryl methyl sites for hydroxylation is 1. The van der Waals surface area contributed by atoms with E-state index >= 15 is 0 Å². The van der Waals surface area contributed by atoms with Gasteiger partial charge in [0, 0.05) is 12.0 Å². The van der Waals surface area contributed by atoms with Crippen molar-refractivity contribution in [2.75, 3.05) is 19.0 Å². The van der Waals surface area contributed by atoms with Gasteiger partial charge in [0.1, 0.15) is 10.6 Å². The molecule has 0 aliphatic heterocycles. The predicted octanol–water partition coefficient (Wildman–Crippen LogP) is 3.49. The number of halogens is 1. The van der Waals surface area contributed by atoms with Crippen LogP contribution in [-0.2, 0) is 4.74 Å². The minimum atomic E-state index is 0.226. The lowest BCUT2D eigenvalue weighted by atomic mass is 10.2. The zero-order valence-electron chi connectivity index (χ0n) is 10.7. The third kappa shape index (κ3) is 2.91. The molecule has 18 heavy (non-hydrogen) atoms. The van der Waals surface area contributed by atoms with Crippen LogP contribution in [0.25, 0.3) is 10.2 Å². The molecule has 0 aromatic carbocycles. The normalized spacial score (nSPS) is 12.9. The fraction of sp³-hybridized carbons (Fsp3) is 0.500. The van der Waals surface area contributed by atoms with Crippen LogP contribution in [0.1, 0.15) is 18.2 Å². The molecule has 0 aliphatic carbocycles.